The molecule has 0 spiro atoms. The number of hydrogen-bond acceptors (Lipinski definition) is 3. The molecule has 5 nitrogen and oxygen atoms in total. The zero-order valence-electron chi connectivity index (χ0n) is 10.6. The van der Waals surface area contributed by atoms with Gasteiger partial charge in [-0.3, -0.25) is 0 Å². The summed E-state index contributed by atoms with van der Waals surface area (Å²) in [5, 5.41) is 9.03. The van der Waals surface area contributed by atoms with Crippen molar-refractivity contribution in [2.45, 2.75) is 36.6 Å². The number of nitrogens with one attached hydrogen (secondary N) is 1. The first-order valence-electron chi connectivity index (χ1n) is 5.91. The molecule has 20 heavy (non-hydrogen) atoms. The van der Waals surface area contributed by atoms with Crippen LogP contribution in [0.3, 0.4) is 0 Å². The van der Waals surface area contributed by atoms with Crippen molar-refractivity contribution < 1.29 is 18.3 Å². The zero-order chi connectivity index (χ0) is 15.1. The van der Waals surface area contributed by atoms with E-state index in [4.69, 9.17) is 16.7 Å². The van der Waals surface area contributed by atoms with Gasteiger partial charge in [0.1, 0.15) is 0 Å². The fourth-order valence-corrected chi connectivity index (χ4v) is 4.39. The topological polar surface area (TPSA) is 83.5 Å². The Morgan fingerprint density at radius 1 is 1.45 bits per heavy atom. The van der Waals surface area contributed by atoms with Gasteiger partial charge in [0.05, 0.1) is 15.5 Å². The maximum atomic E-state index is 12.3. The highest BCUT2D eigenvalue weighted by Crippen LogP contribution is 2.34. The van der Waals surface area contributed by atoms with E-state index in [9.17, 15) is 13.2 Å². The Morgan fingerprint density at radius 2 is 2.05 bits per heavy atom. The second kappa shape index (κ2) is 5.29. The van der Waals surface area contributed by atoms with E-state index in [1.165, 1.54) is 6.07 Å². The Morgan fingerprint density at radius 3 is 2.50 bits per heavy atom. The van der Waals surface area contributed by atoms with Crippen molar-refractivity contribution in [2.24, 2.45) is 0 Å². The molecule has 0 atom stereocenters. The summed E-state index contributed by atoms with van der Waals surface area (Å²) in [6, 6.07) is 2.37. The second-order valence-electron chi connectivity index (χ2n) is 5.09. The highest BCUT2D eigenvalue weighted by atomic mass is 79.9. The van der Waals surface area contributed by atoms with Crippen LogP contribution < -0.4 is 4.72 Å². The lowest BCUT2D eigenvalue weighted by atomic mass is 9.80. The number of carboxylic acids is 1. The number of aromatic carboxylic acids is 1. The van der Waals surface area contributed by atoms with Crippen LogP contribution in [-0.4, -0.2) is 25.0 Å². The van der Waals surface area contributed by atoms with Crippen molar-refractivity contribution in [3.63, 3.8) is 0 Å². The third-order valence-corrected chi connectivity index (χ3v) is 6.26. The third kappa shape index (κ3) is 3.00. The molecule has 0 unspecified atom stereocenters. The quantitative estimate of drug-likeness (QED) is 0.838. The summed E-state index contributed by atoms with van der Waals surface area (Å²) in [6.07, 6.45) is 2.52. The number of carboxylic acid groups (broad SMARTS) is 1. The predicted molar refractivity (Wildman–Crippen MR) is 78.7 cm³/mol. The van der Waals surface area contributed by atoms with Crippen LogP contribution in [0.4, 0.5) is 0 Å². The summed E-state index contributed by atoms with van der Waals surface area (Å²) in [5.41, 5.74) is -0.700. The maximum Gasteiger partial charge on any atom is 0.337 e. The largest absolute Gasteiger partial charge is 0.478 e. The van der Waals surface area contributed by atoms with Crippen LogP contribution >= 0.6 is 27.5 Å². The molecule has 0 bridgehead atoms. The van der Waals surface area contributed by atoms with Gasteiger partial charge in [0.2, 0.25) is 10.0 Å². The Kier molecular flexibility index (Phi) is 4.17. The van der Waals surface area contributed by atoms with Crippen molar-refractivity contribution in [3.05, 3.63) is 27.2 Å². The fourth-order valence-electron chi connectivity index (χ4n) is 2.07. The first-order chi connectivity index (χ1) is 9.15. The molecule has 0 amide bonds. The molecule has 2 rings (SSSR count). The smallest absolute Gasteiger partial charge is 0.337 e. The van der Waals surface area contributed by atoms with Gasteiger partial charge in [-0.1, -0.05) is 11.6 Å². The van der Waals surface area contributed by atoms with E-state index >= 15 is 0 Å². The van der Waals surface area contributed by atoms with Gasteiger partial charge in [-0.05, 0) is 54.2 Å². The second-order valence-corrected chi connectivity index (χ2v) is 8.01. The van der Waals surface area contributed by atoms with E-state index in [0.29, 0.717) is 0 Å². The van der Waals surface area contributed by atoms with Gasteiger partial charge >= 0.3 is 5.97 Å². The molecule has 1 aliphatic rings. The zero-order valence-corrected chi connectivity index (χ0v) is 13.8. The van der Waals surface area contributed by atoms with Gasteiger partial charge in [0.25, 0.3) is 0 Å². The monoisotopic (exact) mass is 381 g/mol. The van der Waals surface area contributed by atoms with Crippen molar-refractivity contribution in [3.8, 4) is 0 Å². The molecule has 0 saturated heterocycles. The van der Waals surface area contributed by atoms with Gasteiger partial charge in [-0.2, -0.15) is 0 Å². The Hall–Kier alpha value is -0.630. The summed E-state index contributed by atoms with van der Waals surface area (Å²) in [4.78, 5) is 11.0. The average molecular weight is 383 g/mol. The van der Waals surface area contributed by atoms with Gasteiger partial charge in [-0.15, -0.1) is 0 Å². The normalized spacial score (nSPS) is 17.6. The van der Waals surface area contributed by atoms with Crippen molar-refractivity contribution in [2.75, 3.05) is 0 Å². The SMILES string of the molecule is CC1(NS(=O)(=O)c2cc(Br)c(Cl)c(C(=O)O)c2)CCC1. The molecule has 8 heteroatoms. The minimum Gasteiger partial charge on any atom is -0.478 e. The molecule has 1 aromatic carbocycles. The highest BCUT2D eigenvalue weighted by Gasteiger charge is 2.36. The van der Waals surface area contributed by atoms with Crippen molar-refractivity contribution in [1.82, 2.24) is 4.72 Å². The maximum absolute atomic E-state index is 12.3. The third-order valence-electron chi connectivity index (χ3n) is 3.38. The summed E-state index contributed by atoms with van der Waals surface area (Å²) in [6.45, 7) is 1.83. The molecule has 0 heterocycles. The highest BCUT2D eigenvalue weighted by molar-refractivity contribution is 9.10. The van der Waals surface area contributed by atoms with Crippen LogP contribution in [0.15, 0.2) is 21.5 Å². The fraction of sp³-hybridized carbons (Fsp3) is 0.417. The van der Waals surface area contributed by atoms with E-state index in [1.54, 1.807) is 0 Å². The molecule has 110 valence electrons. The number of halogens is 2. The first-order valence-corrected chi connectivity index (χ1v) is 8.56. The molecule has 1 saturated carbocycles. The molecular formula is C12H13BrClNO4S. The summed E-state index contributed by atoms with van der Waals surface area (Å²) in [7, 11) is -3.78. The molecule has 1 aromatic rings. The first kappa shape index (κ1) is 15.8. The number of benzene rings is 1. The molecule has 0 radical (unpaired) electrons. The van der Waals surface area contributed by atoms with Crippen molar-refractivity contribution in [1.29, 1.82) is 0 Å². The van der Waals surface area contributed by atoms with Gasteiger partial charge < -0.3 is 5.11 Å². The van der Waals surface area contributed by atoms with Crippen LogP contribution in [0.1, 0.15) is 36.5 Å². The molecular weight excluding hydrogens is 370 g/mol. The molecule has 1 aliphatic carbocycles. The lowest BCUT2D eigenvalue weighted by molar-refractivity contribution is 0.0696. The average Bonchev–Trinajstić information content (AvgIpc) is 2.29. The van der Waals surface area contributed by atoms with Crippen LogP contribution in [0.25, 0.3) is 0 Å². The van der Waals surface area contributed by atoms with Crippen LogP contribution in [0, 0.1) is 0 Å². The number of carbonyl (C=O) groups is 1. The van der Waals surface area contributed by atoms with Gasteiger partial charge in [0, 0.05) is 10.0 Å². The van der Waals surface area contributed by atoms with Crippen LogP contribution in [0.2, 0.25) is 5.02 Å². The lowest BCUT2D eigenvalue weighted by Gasteiger charge is -2.38. The standard InChI is InChI=1S/C12H13BrClNO4S/c1-12(3-2-4-12)15-20(18,19)7-5-8(11(16)17)10(14)9(13)6-7/h5-6,15H,2-4H2,1H3,(H,16,17). The molecule has 1 fully saturated rings. The van der Waals surface area contributed by atoms with Crippen LogP contribution in [0.5, 0.6) is 0 Å². The molecule has 0 aromatic heterocycles. The van der Waals surface area contributed by atoms with Gasteiger partial charge in [0.15, 0.2) is 0 Å². The van der Waals surface area contributed by atoms with E-state index in [-0.39, 0.29) is 20.0 Å². The van der Waals surface area contributed by atoms with Crippen LogP contribution in [-0.2, 0) is 10.0 Å². The van der Waals surface area contributed by atoms with E-state index in [1.807, 2.05) is 6.92 Å². The van der Waals surface area contributed by atoms with E-state index in [0.717, 1.165) is 25.3 Å². The number of sulfonamides is 1. The Labute approximate surface area is 130 Å². The number of rotatable bonds is 4. The van der Waals surface area contributed by atoms with Crippen molar-refractivity contribution >= 4 is 43.5 Å². The Balaban J connectivity index is 2.44. The summed E-state index contributed by atoms with van der Waals surface area (Å²) >= 11 is 8.92. The molecule has 2 N–H and O–H groups in total. The van der Waals surface area contributed by atoms with E-state index < -0.39 is 21.5 Å². The summed E-state index contributed by atoms with van der Waals surface area (Å²) < 4.78 is 27.5. The minimum absolute atomic E-state index is 0.0219. The predicted octanol–water partition coefficient (Wildman–Crippen LogP) is 3.02. The summed E-state index contributed by atoms with van der Waals surface area (Å²) in [5.74, 6) is -1.28. The minimum atomic E-state index is -3.78. The van der Waals surface area contributed by atoms with Gasteiger partial charge in [-0.25, -0.2) is 17.9 Å². The Bertz CT molecular complexity index is 670. The molecule has 0 aliphatic heterocycles. The van der Waals surface area contributed by atoms with E-state index in [2.05, 4.69) is 20.7 Å². The lowest BCUT2D eigenvalue weighted by Crippen LogP contribution is -2.50. The number of hydrogen-bond donors (Lipinski definition) is 2.